The minimum absolute atomic E-state index is 0.0521. The van der Waals surface area contributed by atoms with Crippen LogP contribution in [0.25, 0.3) is 0 Å². The Morgan fingerprint density at radius 2 is 1.59 bits per heavy atom. The molecule has 98 valence electrons. The fourth-order valence-electron chi connectivity index (χ4n) is 3.26. The first-order valence-corrected chi connectivity index (χ1v) is 7.33. The van der Waals surface area contributed by atoms with Crippen molar-refractivity contribution in [2.45, 2.75) is 76.8 Å². The van der Waals surface area contributed by atoms with Crippen molar-refractivity contribution in [2.75, 3.05) is 0 Å². The molecule has 0 aromatic carbocycles. The zero-order valence-corrected chi connectivity index (χ0v) is 11.0. The molecule has 2 fully saturated rings. The molecule has 0 aromatic heterocycles. The summed E-state index contributed by atoms with van der Waals surface area (Å²) in [6.45, 7) is 2.15. The highest BCUT2D eigenvalue weighted by atomic mass is 16.2. The summed E-state index contributed by atoms with van der Waals surface area (Å²) < 4.78 is 0. The van der Waals surface area contributed by atoms with Gasteiger partial charge in [-0.05, 0) is 38.5 Å². The topological polar surface area (TPSA) is 41.1 Å². The molecule has 2 aliphatic carbocycles. The van der Waals surface area contributed by atoms with Gasteiger partial charge in [0.25, 0.3) is 0 Å². The third-order valence-corrected chi connectivity index (χ3v) is 4.41. The average molecular weight is 238 g/mol. The highest BCUT2D eigenvalue weighted by Crippen LogP contribution is 2.27. The molecule has 0 aromatic rings. The van der Waals surface area contributed by atoms with Gasteiger partial charge in [0.05, 0.1) is 0 Å². The van der Waals surface area contributed by atoms with E-state index in [1.165, 1.54) is 44.9 Å². The smallest absolute Gasteiger partial charge is 0.315 e. The van der Waals surface area contributed by atoms with Crippen LogP contribution in [0.4, 0.5) is 4.79 Å². The van der Waals surface area contributed by atoms with Gasteiger partial charge in [-0.25, -0.2) is 4.79 Å². The largest absolute Gasteiger partial charge is 0.335 e. The van der Waals surface area contributed by atoms with Gasteiger partial charge >= 0.3 is 6.03 Å². The Morgan fingerprint density at radius 3 is 2.24 bits per heavy atom. The maximum Gasteiger partial charge on any atom is 0.315 e. The zero-order valence-electron chi connectivity index (χ0n) is 11.0. The lowest BCUT2D eigenvalue weighted by Gasteiger charge is -2.25. The highest BCUT2D eigenvalue weighted by Gasteiger charge is 2.23. The Balaban J connectivity index is 1.68. The molecule has 17 heavy (non-hydrogen) atoms. The van der Waals surface area contributed by atoms with Gasteiger partial charge in [-0.2, -0.15) is 0 Å². The van der Waals surface area contributed by atoms with Gasteiger partial charge in [0.2, 0.25) is 0 Å². The first kappa shape index (κ1) is 12.7. The fraction of sp³-hybridized carbons (Fsp3) is 0.929. The van der Waals surface area contributed by atoms with E-state index < -0.39 is 0 Å². The summed E-state index contributed by atoms with van der Waals surface area (Å²) in [7, 11) is 0. The molecule has 2 rings (SSSR count). The standard InChI is InChI=1S/C14H26N2O/c1-11(12-7-5-6-8-12)15-14(17)16-13-9-3-2-4-10-13/h11-13H,2-10H2,1H3,(H2,15,16,17). The summed E-state index contributed by atoms with van der Waals surface area (Å²) in [6.07, 6.45) is 11.4. The van der Waals surface area contributed by atoms with Crippen LogP contribution in [0.2, 0.25) is 0 Å². The molecule has 1 atom stereocenters. The van der Waals surface area contributed by atoms with Crippen molar-refractivity contribution in [3.8, 4) is 0 Å². The molecule has 0 spiro atoms. The van der Waals surface area contributed by atoms with E-state index in [1.54, 1.807) is 0 Å². The minimum Gasteiger partial charge on any atom is -0.335 e. The van der Waals surface area contributed by atoms with Crippen LogP contribution in [0.1, 0.15) is 64.7 Å². The molecule has 2 aliphatic rings. The van der Waals surface area contributed by atoms with Crippen molar-refractivity contribution in [1.82, 2.24) is 10.6 Å². The first-order chi connectivity index (χ1) is 8.25. The maximum atomic E-state index is 11.9. The third-order valence-electron chi connectivity index (χ3n) is 4.41. The maximum absolute atomic E-state index is 11.9. The molecule has 0 heterocycles. The van der Waals surface area contributed by atoms with Crippen LogP contribution in [-0.2, 0) is 0 Å². The monoisotopic (exact) mass is 238 g/mol. The van der Waals surface area contributed by atoms with Crippen molar-refractivity contribution < 1.29 is 4.79 Å². The van der Waals surface area contributed by atoms with Gasteiger partial charge in [0, 0.05) is 12.1 Å². The molecule has 2 saturated carbocycles. The van der Waals surface area contributed by atoms with Crippen molar-refractivity contribution in [3.63, 3.8) is 0 Å². The third kappa shape index (κ3) is 3.90. The predicted molar refractivity (Wildman–Crippen MR) is 70.0 cm³/mol. The summed E-state index contributed by atoms with van der Waals surface area (Å²) in [5, 5.41) is 6.24. The number of hydrogen-bond donors (Lipinski definition) is 2. The number of carbonyl (C=O) groups is 1. The van der Waals surface area contributed by atoms with E-state index in [0.29, 0.717) is 18.0 Å². The lowest BCUT2D eigenvalue weighted by Crippen LogP contribution is -2.47. The van der Waals surface area contributed by atoms with Gasteiger partial charge in [0.15, 0.2) is 0 Å². The predicted octanol–water partition coefficient (Wildman–Crippen LogP) is 3.20. The first-order valence-electron chi connectivity index (χ1n) is 7.33. The molecular formula is C14H26N2O. The van der Waals surface area contributed by atoms with Crippen molar-refractivity contribution in [3.05, 3.63) is 0 Å². The normalized spacial score (nSPS) is 24.5. The summed E-state index contributed by atoms with van der Waals surface area (Å²) in [5.74, 6) is 0.701. The van der Waals surface area contributed by atoms with Crippen LogP contribution in [0.15, 0.2) is 0 Å². The van der Waals surface area contributed by atoms with Crippen molar-refractivity contribution in [2.24, 2.45) is 5.92 Å². The van der Waals surface area contributed by atoms with Crippen LogP contribution in [0.5, 0.6) is 0 Å². The van der Waals surface area contributed by atoms with Crippen LogP contribution in [0.3, 0.4) is 0 Å². The second-order valence-corrected chi connectivity index (χ2v) is 5.79. The summed E-state index contributed by atoms with van der Waals surface area (Å²) in [4.78, 5) is 11.9. The lowest BCUT2D eigenvalue weighted by molar-refractivity contribution is 0.224. The summed E-state index contributed by atoms with van der Waals surface area (Å²) in [5.41, 5.74) is 0. The van der Waals surface area contributed by atoms with Gasteiger partial charge in [-0.1, -0.05) is 32.1 Å². The molecule has 3 heteroatoms. The van der Waals surface area contributed by atoms with E-state index in [4.69, 9.17) is 0 Å². The second-order valence-electron chi connectivity index (χ2n) is 5.79. The summed E-state index contributed by atoms with van der Waals surface area (Å²) >= 11 is 0. The van der Waals surface area contributed by atoms with Gasteiger partial charge in [-0.3, -0.25) is 0 Å². The molecular weight excluding hydrogens is 212 g/mol. The highest BCUT2D eigenvalue weighted by molar-refractivity contribution is 5.74. The van der Waals surface area contributed by atoms with Gasteiger partial charge in [-0.15, -0.1) is 0 Å². The van der Waals surface area contributed by atoms with E-state index in [9.17, 15) is 4.79 Å². The number of amides is 2. The lowest BCUT2D eigenvalue weighted by atomic mass is 9.95. The zero-order chi connectivity index (χ0) is 12.1. The second kappa shape index (κ2) is 6.27. The van der Waals surface area contributed by atoms with Gasteiger partial charge in [0.1, 0.15) is 0 Å². The Labute approximate surface area is 105 Å². The van der Waals surface area contributed by atoms with Crippen LogP contribution in [-0.4, -0.2) is 18.1 Å². The number of urea groups is 1. The van der Waals surface area contributed by atoms with E-state index in [1.807, 2.05) is 0 Å². The van der Waals surface area contributed by atoms with E-state index in [-0.39, 0.29) is 6.03 Å². The Hall–Kier alpha value is -0.730. The van der Waals surface area contributed by atoms with Gasteiger partial charge < -0.3 is 10.6 Å². The van der Waals surface area contributed by atoms with Crippen LogP contribution >= 0.6 is 0 Å². The van der Waals surface area contributed by atoms with E-state index in [2.05, 4.69) is 17.6 Å². The van der Waals surface area contributed by atoms with Crippen LogP contribution in [0, 0.1) is 5.92 Å². The number of carbonyl (C=O) groups excluding carboxylic acids is 1. The molecule has 2 N–H and O–H groups in total. The molecule has 0 bridgehead atoms. The number of nitrogens with one attached hydrogen (secondary N) is 2. The van der Waals surface area contributed by atoms with Crippen molar-refractivity contribution >= 4 is 6.03 Å². The van der Waals surface area contributed by atoms with Crippen molar-refractivity contribution in [1.29, 1.82) is 0 Å². The van der Waals surface area contributed by atoms with Crippen LogP contribution < -0.4 is 10.6 Å². The Bertz CT molecular complexity index is 243. The minimum atomic E-state index is 0.0521. The molecule has 1 unspecified atom stereocenters. The molecule has 3 nitrogen and oxygen atoms in total. The number of rotatable bonds is 3. The Kier molecular flexibility index (Phi) is 4.69. The molecule has 2 amide bonds. The van der Waals surface area contributed by atoms with E-state index >= 15 is 0 Å². The fourth-order valence-corrected chi connectivity index (χ4v) is 3.26. The molecule has 0 saturated heterocycles. The molecule has 0 aliphatic heterocycles. The molecule has 0 radical (unpaired) electrons. The average Bonchev–Trinajstić information content (AvgIpc) is 2.83. The summed E-state index contributed by atoms with van der Waals surface area (Å²) in [6, 6.07) is 0.803. The van der Waals surface area contributed by atoms with E-state index in [0.717, 1.165) is 12.8 Å². The SMILES string of the molecule is CC(NC(=O)NC1CCCCC1)C1CCCC1. The number of hydrogen-bond acceptors (Lipinski definition) is 1. The quantitative estimate of drug-likeness (QED) is 0.779. The Morgan fingerprint density at radius 1 is 1.00 bits per heavy atom.